The second-order valence-corrected chi connectivity index (χ2v) is 28.6. The third-order valence-electron chi connectivity index (χ3n) is 19.3. The van der Waals surface area contributed by atoms with Crippen LogP contribution in [0.4, 0.5) is 44.8 Å². The maximum absolute atomic E-state index is 2.94. The molecule has 1 aromatic heterocycles. The van der Waals surface area contributed by atoms with Gasteiger partial charge in [0.05, 0.1) is 21.9 Å². The first-order valence-electron chi connectivity index (χ1n) is 27.9. The fraction of sp³-hybridized carbons (Fsp3) is 0.362. The maximum Gasteiger partial charge on any atom is 0.254 e. The Morgan fingerprint density at radius 2 is 1.23 bits per heavy atom. The lowest BCUT2D eigenvalue weighted by Crippen LogP contribution is -2.64. The van der Waals surface area contributed by atoms with E-state index in [0.717, 1.165) is 12.1 Å². The van der Waals surface area contributed by atoms with E-state index in [1.54, 1.807) is 17.3 Å². The summed E-state index contributed by atoms with van der Waals surface area (Å²) < 4.78 is 1.40. The van der Waals surface area contributed by atoms with Crippen molar-refractivity contribution in [2.75, 3.05) is 21.0 Å². The summed E-state index contributed by atoms with van der Waals surface area (Å²) in [5.41, 5.74) is 23.1. The van der Waals surface area contributed by atoms with Gasteiger partial charge in [0.1, 0.15) is 0 Å². The molecular formula is C69H74BN3S2. The van der Waals surface area contributed by atoms with E-state index in [4.69, 9.17) is 0 Å². The van der Waals surface area contributed by atoms with Crippen LogP contribution < -0.4 is 31.1 Å². The van der Waals surface area contributed by atoms with Crippen LogP contribution in [0, 0.1) is 0 Å². The highest BCUT2D eigenvalue weighted by molar-refractivity contribution is 7.98. The molecule has 75 heavy (non-hydrogen) atoms. The molecule has 1 saturated carbocycles. The molecule has 380 valence electrons. The minimum absolute atomic E-state index is 0.0224. The van der Waals surface area contributed by atoms with Crippen LogP contribution in [0.1, 0.15) is 149 Å². The summed E-state index contributed by atoms with van der Waals surface area (Å²) in [5, 5.41) is 2.79. The second-order valence-electron chi connectivity index (χ2n) is 26.7. The zero-order valence-electron chi connectivity index (χ0n) is 46.8. The fourth-order valence-electron chi connectivity index (χ4n) is 14.5. The van der Waals surface area contributed by atoms with Crippen LogP contribution in [-0.4, -0.2) is 18.5 Å². The minimum Gasteiger partial charge on any atom is -0.335 e. The van der Waals surface area contributed by atoms with Gasteiger partial charge in [0.15, 0.2) is 0 Å². The van der Waals surface area contributed by atoms with E-state index >= 15 is 0 Å². The third-order valence-corrected chi connectivity index (χ3v) is 21.2. The molecule has 0 spiro atoms. The van der Waals surface area contributed by atoms with E-state index in [-0.39, 0.29) is 39.3 Å². The smallest absolute Gasteiger partial charge is 0.254 e. The van der Waals surface area contributed by atoms with Crippen molar-refractivity contribution in [2.45, 2.75) is 159 Å². The maximum atomic E-state index is 2.94. The average molecular weight is 1020 g/mol. The van der Waals surface area contributed by atoms with Crippen molar-refractivity contribution in [2.24, 2.45) is 0 Å². The summed E-state index contributed by atoms with van der Waals surface area (Å²) in [6.07, 6.45) is 9.36. The van der Waals surface area contributed by atoms with E-state index in [2.05, 4.69) is 244 Å². The largest absolute Gasteiger partial charge is 0.335 e. The van der Waals surface area contributed by atoms with Crippen LogP contribution in [0.25, 0.3) is 21.2 Å². The molecule has 0 saturated heterocycles. The number of para-hydroxylation sites is 1. The number of nitrogens with zero attached hydrogens (tertiary/aromatic N) is 3. The number of thiophene rings is 1. The van der Waals surface area contributed by atoms with Gasteiger partial charge in [0.2, 0.25) is 0 Å². The van der Waals surface area contributed by atoms with E-state index < -0.39 is 0 Å². The van der Waals surface area contributed by atoms with Crippen LogP contribution in [0.15, 0.2) is 144 Å². The number of fused-ring (bicyclic) bond motifs is 10. The first kappa shape index (κ1) is 48.9. The second kappa shape index (κ2) is 16.7. The molecule has 3 aliphatic heterocycles. The number of hydrogen-bond acceptors (Lipinski definition) is 5. The van der Waals surface area contributed by atoms with Gasteiger partial charge in [0.25, 0.3) is 6.71 Å². The number of rotatable bonds is 6. The molecule has 0 bridgehead atoms. The van der Waals surface area contributed by atoms with E-state index in [1.165, 1.54) is 136 Å². The topological polar surface area (TPSA) is 9.72 Å². The number of anilines is 8. The van der Waals surface area contributed by atoms with Crippen LogP contribution in [0.2, 0.25) is 0 Å². The fourth-order valence-corrected chi connectivity index (χ4v) is 16.2. The Morgan fingerprint density at radius 1 is 0.587 bits per heavy atom. The molecule has 6 heteroatoms. The Kier molecular flexibility index (Phi) is 10.9. The molecule has 2 aliphatic carbocycles. The normalized spacial score (nSPS) is 20.8. The standard InChI is InChI=1S/C69H74BN3S2/c1-64(2,3)44-25-27-47(28-26-44)72-57-39-48(71(46-29-31-49(74-13)32-30-46)56-24-18-17-23-50(56)43-21-15-14-16-22-43)40-58-61(57)70(60-51-41-52-53(42-59(51)75-63(60)72)67(9,10)36-35-66(52,7)8)55-38-45(65(4,5)6)37-54-62(55)73(58)69(12)34-20-19-33-68(54,69)11/h14-18,21-32,37-42H,19-20,33-36H2,1-13H3. The number of hydrogen-bond donors (Lipinski definition) is 0. The quantitative estimate of drug-likeness (QED) is 0.121. The van der Waals surface area contributed by atoms with Crippen molar-refractivity contribution in [1.82, 2.24) is 0 Å². The zero-order valence-corrected chi connectivity index (χ0v) is 48.4. The van der Waals surface area contributed by atoms with Gasteiger partial charge in [-0.25, -0.2) is 0 Å². The molecule has 0 amide bonds. The van der Waals surface area contributed by atoms with Crippen molar-refractivity contribution in [1.29, 1.82) is 0 Å². The molecule has 5 aliphatic rings. The predicted octanol–water partition coefficient (Wildman–Crippen LogP) is 18.1. The minimum atomic E-state index is -0.145. The molecule has 4 heterocycles. The van der Waals surface area contributed by atoms with Gasteiger partial charge in [-0.3, -0.25) is 0 Å². The van der Waals surface area contributed by atoms with Gasteiger partial charge in [-0.2, -0.15) is 0 Å². The first-order chi connectivity index (χ1) is 35.6. The molecule has 8 aromatic rings. The summed E-state index contributed by atoms with van der Waals surface area (Å²) in [4.78, 5) is 9.49. The van der Waals surface area contributed by atoms with Crippen LogP contribution in [-0.2, 0) is 27.1 Å². The van der Waals surface area contributed by atoms with Crippen LogP contribution in [0.5, 0.6) is 0 Å². The Labute approximate surface area is 456 Å². The van der Waals surface area contributed by atoms with Crippen molar-refractivity contribution < 1.29 is 0 Å². The molecule has 7 aromatic carbocycles. The van der Waals surface area contributed by atoms with E-state index in [9.17, 15) is 0 Å². The molecule has 3 nitrogen and oxygen atoms in total. The monoisotopic (exact) mass is 1020 g/mol. The van der Waals surface area contributed by atoms with Crippen molar-refractivity contribution in [3.8, 4) is 11.1 Å². The van der Waals surface area contributed by atoms with Gasteiger partial charge in [-0.15, -0.1) is 23.1 Å². The number of benzene rings is 7. The highest BCUT2D eigenvalue weighted by atomic mass is 32.2. The molecule has 2 atom stereocenters. The molecule has 2 unspecified atom stereocenters. The number of thioether (sulfide) groups is 1. The zero-order chi connectivity index (χ0) is 52.4. The van der Waals surface area contributed by atoms with E-state index in [0.29, 0.717) is 0 Å². The Bertz CT molecular complexity index is 3610. The summed E-state index contributed by atoms with van der Waals surface area (Å²) >= 11 is 3.83. The predicted molar refractivity (Wildman–Crippen MR) is 329 cm³/mol. The lowest BCUT2D eigenvalue weighted by molar-refractivity contribution is 0.195. The summed E-state index contributed by atoms with van der Waals surface area (Å²) in [6, 6.07) is 55.0. The van der Waals surface area contributed by atoms with Crippen molar-refractivity contribution in [3.05, 3.63) is 167 Å². The highest BCUT2D eigenvalue weighted by Gasteiger charge is 2.62. The Morgan fingerprint density at radius 3 is 1.91 bits per heavy atom. The Hall–Kier alpha value is -5.69. The van der Waals surface area contributed by atoms with Crippen molar-refractivity contribution >= 4 is 101 Å². The van der Waals surface area contributed by atoms with Gasteiger partial charge in [0, 0.05) is 49.0 Å². The van der Waals surface area contributed by atoms with Gasteiger partial charge in [-0.1, -0.05) is 162 Å². The molecule has 0 N–H and O–H groups in total. The molecule has 13 rings (SSSR count). The highest BCUT2D eigenvalue weighted by Crippen LogP contribution is 2.63. The summed E-state index contributed by atoms with van der Waals surface area (Å²) in [5.74, 6) is 0. The van der Waals surface area contributed by atoms with Crippen LogP contribution in [0.3, 0.4) is 0 Å². The van der Waals surface area contributed by atoms with Gasteiger partial charge in [-0.05, 0) is 182 Å². The lowest BCUT2D eigenvalue weighted by atomic mass is 9.33. The first-order valence-corrected chi connectivity index (χ1v) is 29.9. The molecule has 1 fully saturated rings. The summed E-state index contributed by atoms with van der Waals surface area (Å²) in [6.45, 7) is 29.6. The molecule has 0 radical (unpaired) electrons. The molecular weight excluding hydrogens is 946 g/mol. The Balaban J connectivity index is 1.19. The average Bonchev–Trinajstić information content (AvgIpc) is 3.98. The van der Waals surface area contributed by atoms with Gasteiger partial charge < -0.3 is 14.7 Å². The summed E-state index contributed by atoms with van der Waals surface area (Å²) in [7, 11) is 0. The SMILES string of the molecule is CSc1ccc(N(c2cc3c4c(c2)N2c5c(cc(C(C)(C)C)cc5C5(C)CCCCC25C)B4c2c(sc4cc5c(cc24)C(C)(C)CCC5(C)C)N3c2ccc(C(C)(C)C)cc2)c2ccccc2-c2ccccc2)cc1. The van der Waals surface area contributed by atoms with Crippen LogP contribution >= 0.6 is 23.1 Å². The third kappa shape index (κ3) is 7.20. The van der Waals surface area contributed by atoms with E-state index in [1.807, 2.05) is 11.3 Å². The van der Waals surface area contributed by atoms with Gasteiger partial charge >= 0.3 is 0 Å². The lowest BCUT2D eigenvalue weighted by Gasteiger charge is -2.52. The van der Waals surface area contributed by atoms with Crippen molar-refractivity contribution in [3.63, 3.8) is 0 Å².